The number of methoxy groups -OCH3 is 1. The van der Waals surface area contributed by atoms with Crippen LogP contribution in [0.4, 0.5) is 0 Å². The van der Waals surface area contributed by atoms with E-state index in [2.05, 4.69) is 48.9 Å². The van der Waals surface area contributed by atoms with Gasteiger partial charge in [-0.1, -0.05) is 60.7 Å². The summed E-state index contributed by atoms with van der Waals surface area (Å²) >= 11 is 5.80. The summed E-state index contributed by atoms with van der Waals surface area (Å²) in [4.78, 5) is 0. The van der Waals surface area contributed by atoms with Gasteiger partial charge in [-0.25, -0.2) is 5.09 Å². The molecule has 1 aliphatic carbocycles. The van der Waals surface area contributed by atoms with Gasteiger partial charge >= 0.3 is 0 Å². The molecule has 152 valence electrons. The highest BCUT2D eigenvalue weighted by molar-refractivity contribution is 8.09. The molecule has 4 rings (SSSR count). The molecule has 1 fully saturated rings. The third-order valence-corrected chi connectivity index (χ3v) is 8.17. The molecule has 0 saturated carbocycles. The van der Waals surface area contributed by atoms with Crippen molar-refractivity contribution in [2.24, 2.45) is 5.92 Å². The van der Waals surface area contributed by atoms with E-state index in [0.717, 1.165) is 16.9 Å². The first-order valence-corrected chi connectivity index (χ1v) is 12.4. The summed E-state index contributed by atoms with van der Waals surface area (Å²) in [5.74, 6) is 1.14. The van der Waals surface area contributed by atoms with Crippen molar-refractivity contribution in [3.05, 3.63) is 84.0 Å². The maximum absolute atomic E-state index is 6.28. The topological polar surface area (TPSA) is 39.7 Å². The molecule has 2 unspecified atom stereocenters. The van der Waals surface area contributed by atoms with E-state index in [9.17, 15) is 0 Å². The van der Waals surface area contributed by atoms with E-state index in [4.69, 9.17) is 25.6 Å². The fourth-order valence-electron chi connectivity index (χ4n) is 4.06. The smallest absolute Gasteiger partial charge is 0.262 e. The summed E-state index contributed by atoms with van der Waals surface area (Å²) in [6.45, 7) is 3.97. The minimum atomic E-state index is -2.59. The largest absolute Gasteiger partial charge is 0.496 e. The normalized spacial score (nSPS) is 30.7. The molecule has 0 aromatic heterocycles. The lowest BCUT2D eigenvalue weighted by Gasteiger charge is -2.30. The van der Waals surface area contributed by atoms with E-state index in [1.807, 2.05) is 36.4 Å². The molecule has 0 radical (unpaired) electrons. The Morgan fingerprint density at radius 2 is 2.00 bits per heavy atom. The van der Waals surface area contributed by atoms with Gasteiger partial charge in [0, 0.05) is 23.4 Å². The zero-order valence-corrected chi connectivity index (χ0v) is 18.4. The van der Waals surface area contributed by atoms with Crippen molar-refractivity contribution < 1.29 is 13.8 Å². The van der Waals surface area contributed by atoms with Crippen LogP contribution in [0.2, 0.25) is 0 Å². The highest BCUT2D eigenvalue weighted by Crippen LogP contribution is 2.56. The molecule has 1 heterocycles. The Bertz CT molecular complexity index is 962. The maximum atomic E-state index is 6.28. The van der Waals surface area contributed by atoms with Crippen LogP contribution in [0.5, 0.6) is 5.75 Å². The van der Waals surface area contributed by atoms with E-state index in [0.29, 0.717) is 6.61 Å². The van der Waals surface area contributed by atoms with Crippen molar-refractivity contribution >= 4 is 24.5 Å². The van der Waals surface area contributed by atoms with Gasteiger partial charge in [0.05, 0.1) is 13.7 Å². The van der Waals surface area contributed by atoms with Crippen LogP contribution >= 0.6 is 6.64 Å². The number of rotatable bonds is 6. The Hall–Kier alpha value is -1.75. The number of allylic oxidation sites excluding steroid dienone is 2. The SMILES string of the molecule is C=C[C@H]1C=Cc2c(OC)cccc2[C@@H]1COP1(=S)NC(C)[C@@H](c2ccccc2)O1. The lowest BCUT2D eigenvalue weighted by Crippen LogP contribution is -2.22. The molecule has 2 aromatic rings. The van der Waals surface area contributed by atoms with Crippen LogP contribution in [0.15, 0.2) is 67.3 Å². The molecular formula is C23H26NO3PS. The summed E-state index contributed by atoms with van der Waals surface area (Å²) in [5.41, 5.74) is 3.39. The Balaban J connectivity index is 1.53. The van der Waals surface area contributed by atoms with Gasteiger partial charge in [-0.15, -0.1) is 6.58 Å². The van der Waals surface area contributed by atoms with Crippen LogP contribution in [0, 0.1) is 5.92 Å². The predicted octanol–water partition coefficient (Wildman–Crippen LogP) is 5.60. The van der Waals surface area contributed by atoms with Crippen molar-refractivity contribution in [3.8, 4) is 5.75 Å². The number of ether oxygens (including phenoxy) is 1. The third kappa shape index (κ3) is 4.11. The number of fused-ring (bicyclic) bond motifs is 1. The van der Waals surface area contributed by atoms with Crippen LogP contribution < -0.4 is 9.82 Å². The van der Waals surface area contributed by atoms with Crippen molar-refractivity contribution in [2.75, 3.05) is 13.7 Å². The first kappa shape index (κ1) is 20.5. The van der Waals surface area contributed by atoms with Crippen LogP contribution in [-0.4, -0.2) is 19.8 Å². The summed E-state index contributed by atoms with van der Waals surface area (Å²) in [7, 11) is 1.69. The number of hydrogen-bond acceptors (Lipinski definition) is 4. The molecule has 29 heavy (non-hydrogen) atoms. The van der Waals surface area contributed by atoms with E-state index >= 15 is 0 Å². The fourth-order valence-corrected chi connectivity index (χ4v) is 6.81. The Morgan fingerprint density at radius 3 is 2.72 bits per heavy atom. The van der Waals surface area contributed by atoms with Gasteiger partial charge in [0.2, 0.25) is 0 Å². The molecule has 1 aliphatic heterocycles. The van der Waals surface area contributed by atoms with Crippen molar-refractivity contribution in [2.45, 2.75) is 25.0 Å². The van der Waals surface area contributed by atoms with Crippen LogP contribution in [0.3, 0.4) is 0 Å². The lowest BCUT2D eigenvalue weighted by molar-refractivity contribution is 0.189. The highest BCUT2D eigenvalue weighted by atomic mass is 32.5. The van der Waals surface area contributed by atoms with Gasteiger partial charge in [-0.3, -0.25) is 0 Å². The van der Waals surface area contributed by atoms with Crippen LogP contribution in [0.1, 0.15) is 35.6 Å². The van der Waals surface area contributed by atoms with Crippen molar-refractivity contribution in [1.29, 1.82) is 0 Å². The Labute approximate surface area is 177 Å². The molecule has 0 amide bonds. The van der Waals surface area contributed by atoms with Gasteiger partial charge < -0.3 is 13.8 Å². The van der Waals surface area contributed by atoms with Gasteiger partial charge in [0.15, 0.2) is 0 Å². The van der Waals surface area contributed by atoms with Crippen LogP contribution in [-0.2, 0) is 20.9 Å². The molecule has 0 spiro atoms. The number of nitrogens with one attached hydrogen (secondary N) is 1. The predicted molar refractivity (Wildman–Crippen MR) is 122 cm³/mol. The van der Waals surface area contributed by atoms with E-state index in [1.165, 1.54) is 5.56 Å². The first-order chi connectivity index (χ1) is 14.0. The average Bonchev–Trinajstić information content (AvgIpc) is 3.06. The molecule has 2 aliphatic rings. The number of hydrogen-bond donors (Lipinski definition) is 1. The second kappa shape index (κ2) is 8.55. The summed E-state index contributed by atoms with van der Waals surface area (Å²) in [6, 6.07) is 16.4. The monoisotopic (exact) mass is 427 g/mol. The van der Waals surface area contributed by atoms with Crippen LogP contribution in [0.25, 0.3) is 6.08 Å². The zero-order chi connectivity index (χ0) is 20.4. The molecular weight excluding hydrogens is 401 g/mol. The van der Waals surface area contributed by atoms with Gasteiger partial charge in [-0.05, 0) is 35.9 Å². The standard InChI is InChI=1S/C23H26NO3PS/c1-4-17-13-14-20-19(11-8-12-22(20)25-3)21(17)15-26-28(29)24-16(2)23(27-28)18-9-6-5-7-10-18/h4-14,16-17,21,23H,1,15H2,2-3H3,(H,24,29)/t16?,17-,21+,23-,28?/m0/s1. The average molecular weight is 428 g/mol. The van der Waals surface area contributed by atoms with E-state index < -0.39 is 6.64 Å². The summed E-state index contributed by atoms with van der Waals surface area (Å²) in [5, 5.41) is 3.41. The molecule has 0 bridgehead atoms. The Kier molecular flexibility index (Phi) is 6.05. The Morgan fingerprint density at radius 1 is 1.21 bits per heavy atom. The molecule has 4 nitrogen and oxygen atoms in total. The minimum Gasteiger partial charge on any atom is -0.496 e. The third-order valence-electron chi connectivity index (χ3n) is 5.56. The molecule has 2 aromatic carbocycles. The van der Waals surface area contributed by atoms with Gasteiger partial charge in [-0.2, -0.15) is 0 Å². The zero-order valence-electron chi connectivity index (χ0n) is 16.7. The van der Waals surface area contributed by atoms with E-state index in [1.54, 1.807) is 7.11 Å². The van der Waals surface area contributed by atoms with Gasteiger partial charge in [0.25, 0.3) is 6.64 Å². The fraction of sp³-hybridized carbons (Fsp3) is 0.304. The quantitative estimate of drug-likeness (QED) is 0.480. The second-order valence-electron chi connectivity index (χ2n) is 7.39. The number of benzene rings is 2. The minimum absolute atomic E-state index is 0.0945. The molecule has 5 atom stereocenters. The highest BCUT2D eigenvalue weighted by Gasteiger charge is 2.40. The first-order valence-electron chi connectivity index (χ1n) is 9.78. The summed E-state index contributed by atoms with van der Waals surface area (Å²) < 4.78 is 18.1. The lowest BCUT2D eigenvalue weighted by atomic mass is 9.79. The molecule has 6 heteroatoms. The second-order valence-corrected chi connectivity index (χ2v) is 10.6. The van der Waals surface area contributed by atoms with Crippen molar-refractivity contribution in [3.63, 3.8) is 0 Å². The maximum Gasteiger partial charge on any atom is 0.262 e. The van der Waals surface area contributed by atoms with Gasteiger partial charge in [0.1, 0.15) is 11.9 Å². The molecule has 1 saturated heterocycles. The van der Waals surface area contributed by atoms with Crippen molar-refractivity contribution in [1.82, 2.24) is 5.09 Å². The molecule has 1 N–H and O–H groups in total. The van der Waals surface area contributed by atoms with E-state index in [-0.39, 0.29) is 24.0 Å². The summed E-state index contributed by atoms with van der Waals surface area (Å²) in [6.07, 6.45) is 6.11.